The van der Waals surface area contributed by atoms with Gasteiger partial charge in [-0.25, -0.2) is 0 Å². The molecule has 1 fully saturated rings. The van der Waals surface area contributed by atoms with Crippen molar-refractivity contribution in [3.8, 4) is 0 Å². The molecule has 2 aromatic rings. The number of ether oxygens (including phenoxy) is 1. The molecule has 0 amide bonds. The molecule has 134 valence electrons. The van der Waals surface area contributed by atoms with E-state index < -0.39 is 0 Å². The Kier molecular flexibility index (Phi) is 5.93. The van der Waals surface area contributed by atoms with Crippen LogP contribution in [0.4, 0.5) is 0 Å². The number of morpholine rings is 1. The molecule has 2 heteroatoms. The normalized spacial score (nSPS) is 16.1. The first kappa shape index (κ1) is 18.2. The molecule has 1 heterocycles. The van der Waals surface area contributed by atoms with Gasteiger partial charge in [-0.3, -0.25) is 0 Å². The number of benzene rings is 2. The van der Waals surface area contributed by atoms with Crippen molar-refractivity contribution in [1.29, 1.82) is 0 Å². The zero-order chi connectivity index (χ0) is 17.8. The van der Waals surface area contributed by atoms with Crippen LogP contribution in [-0.2, 0) is 4.74 Å². The molecule has 1 saturated heterocycles. The summed E-state index contributed by atoms with van der Waals surface area (Å²) in [4.78, 5) is 1.63. The fourth-order valence-electron chi connectivity index (χ4n) is 4.13. The van der Waals surface area contributed by atoms with E-state index in [1.165, 1.54) is 22.3 Å². The molecule has 25 heavy (non-hydrogen) atoms. The molecular weight excluding hydrogens is 306 g/mol. The maximum Gasteiger partial charge on any atom is 0.140 e. The zero-order valence-electron chi connectivity index (χ0n) is 16.1. The van der Waals surface area contributed by atoms with Crippen molar-refractivity contribution in [3.63, 3.8) is 0 Å². The zero-order valence-corrected chi connectivity index (χ0v) is 16.1. The molecule has 1 aliphatic rings. The minimum Gasteiger partial charge on any atom is -0.370 e. The Hall–Kier alpha value is -1.64. The lowest BCUT2D eigenvalue weighted by Gasteiger charge is -2.35. The van der Waals surface area contributed by atoms with Gasteiger partial charge in [-0.15, -0.1) is 0 Å². The molecule has 0 aromatic heterocycles. The molecule has 1 aliphatic heterocycles. The molecule has 0 saturated carbocycles. The first-order chi connectivity index (χ1) is 12.1. The van der Waals surface area contributed by atoms with E-state index in [2.05, 4.69) is 76.2 Å². The molecule has 0 radical (unpaired) electrons. The van der Waals surface area contributed by atoms with Crippen LogP contribution in [0.5, 0.6) is 0 Å². The van der Waals surface area contributed by atoms with Gasteiger partial charge in [-0.2, -0.15) is 0 Å². The fraction of sp³-hybridized carbons (Fsp3) is 0.478. The van der Waals surface area contributed by atoms with E-state index >= 15 is 0 Å². The van der Waals surface area contributed by atoms with Crippen LogP contribution in [0, 0.1) is 0 Å². The van der Waals surface area contributed by atoms with Gasteiger partial charge in [0.15, 0.2) is 0 Å². The number of rotatable bonds is 5. The van der Waals surface area contributed by atoms with Crippen LogP contribution in [0.1, 0.15) is 67.8 Å². The summed E-state index contributed by atoms with van der Waals surface area (Å²) < 4.78 is 5.66. The second-order valence-electron chi connectivity index (χ2n) is 7.77. The van der Waals surface area contributed by atoms with Crippen molar-refractivity contribution >= 4 is 0 Å². The molecular formula is C23H32NO+. The lowest BCUT2D eigenvalue weighted by molar-refractivity contribution is -0.933. The summed E-state index contributed by atoms with van der Waals surface area (Å²) in [5, 5.41) is 0. The lowest BCUT2D eigenvalue weighted by Crippen LogP contribution is -3.14. The number of hydrogen-bond donors (Lipinski definition) is 1. The molecule has 0 aliphatic carbocycles. The summed E-state index contributed by atoms with van der Waals surface area (Å²) in [7, 11) is 0. The Labute approximate surface area is 152 Å². The van der Waals surface area contributed by atoms with E-state index in [4.69, 9.17) is 4.74 Å². The predicted molar refractivity (Wildman–Crippen MR) is 104 cm³/mol. The SMILES string of the molecule is CC(C)c1ccccc1C(c1ccccc1C(C)C)[NH+]1CCOCC1. The van der Waals surface area contributed by atoms with E-state index in [9.17, 15) is 0 Å². The molecule has 1 N–H and O–H groups in total. The number of nitrogens with one attached hydrogen (secondary N) is 1. The van der Waals surface area contributed by atoms with E-state index in [-0.39, 0.29) is 0 Å². The minimum absolute atomic E-state index is 0.390. The Morgan fingerprint density at radius 3 is 1.48 bits per heavy atom. The van der Waals surface area contributed by atoms with Gasteiger partial charge >= 0.3 is 0 Å². The average Bonchev–Trinajstić information content (AvgIpc) is 2.63. The highest BCUT2D eigenvalue weighted by Crippen LogP contribution is 2.32. The van der Waals surface area contributed by atoms with Crippen LogP contribution < -0.4 is 4.90 Å². The highest BCUT2D eigenvalue weighted by atomic mass is 16.5. The second-order valence-corrected chi connectivity index (χ2v) is 7.77. The van der Waals surface area contributed by atoms with Gasteiger partial charge < -0.3 is 9.64 Å². The summed E-state index contributed by atoms with van der Waals surface area (Å²) >= 11 is 0. The van der Waals surface area contributed by atoms with Gasteiger partial charge in [0, 0.05) is 11.1 Å². The number of quaternary nitrogens is 1. The third kappa shape index (κ3) is 3.96. The van der Waals surface area contributed by atoms with Gasteiger partial charge in [0.1, 0.15) is 19.1 Å². The van der Waals surface area contributed by atoms with Crippen molar-refractivity contribution in [2.75, 3.05) is 26.3 Å². The van der Waals surface area contributed by atoms with Crippen molar-refractivity contribution in [3.05, 3.63) is 70.8 Å². The first-order valence-corrected chi connectivity index (χ1v) is 9.69. The Morgan fingerprint density at radius 1 is 0.680 bits per heavy atom. The van der Waals surface area contributed by atoms with Gasteiger partial charge in [0.2, 0.25) is 0 Å². The van der Waals surface area contributed by atoms with Crippen LogP contribution in [0.3, 0.4) is 0 Å². The van der Waals surface area contributed by atoms with Crippen molar-refractivity contribution in [1.82, 2.24) is 0 Å². The molecule has 2 nitrogen and oxygen atoms in total. The van der Waals surface area contributed by atoms with Crippen LogP contribution in [0.25, 0.3) is 0 Å². The summed E-state index contributed by atoms with van der Waals surface area (Å²) in [5.41, 5.74) is 5.93. The van der Waals surface area contributed by atoms with E-state index in [0.29, 0.717) is 17.9 Å². The second kappa shape index (κ2) is 8.16. The van der Waals surface area contributed by atoms with Gasteiger partial charge in [-0.1, -0.05) is 76.2 Å². The van der Waals surface area contributed by atoms with Crippen LogP contribution >= 0.6 is 0 Å². The summed E-state index contributed by atoms with van der Waals surface area (Å²) in [5.74, 6) is 1.07. The van der Waals surface area contributed by atoms with Crippen LogP contribution in [0.15, 0.2) is 48.5 Å². The van der Waals surface area contributed by atoms with Crippen LogP contribution in [0.2, 0.25) is 0 Å². The van der Waals surface area contributed by atoms with Crippen molar-refractivity contribution in [2.24, 2.45) is 0 Å². The largest absolute Gasteiger partial charge is 0.370 e. The Bertz CT molecular complexity index is 634. The summed E-state index contributed by atoms with van der Waals surface area (Å²) in [6, 6.07) is 18.5. The Balaban J connectivity index is 2.15. The third-order valence-electron chi connectivity index (χ3n) is 5.40. The first-order valence-electron chi connectivity index (χ1n) is 9.69. The molecule has 3 rings (SSSR count). The maximum absolute atomic E-state index is 5.66. The van der Waals surface area contributed by atoms with Crippen molar-refractivity contribution < 1.29 is 9.64 Å². The lowest BCUT2D eigenvalue weighted by atomic mass is 9.84. The maximum atomic E-state index is 5.66. The Morgan fingerprint density at radius 2 is 1.08 bits per heavy atom. The monoisotopic (exact) mass is 338 g/mol. The highest BCUT2D eigenvalue weighted by Gasteiger charge is 2.32. The highest BCUT2D eigenvalue weighted by molar-refractivity contribution is 5.41. The van der Waals surface area contributed by atoms with Crippen molar-refractivity contribution in [2.45, 2.75) is 45.6 Å². The molecule has 0 unspecified atom stereocenters. The van der Waals surface area contributed by atoms with E-state index in [1.54, 1.807) is 4.90 Å². The molecule has 0 spiro atoms. The summed E-state index contributed by atoms with van der Waals surface area (Å²) in [6.07, 6.45) is 0. The topological polar surface area (TPSA) is 13.7 Å². The van der Waals surface area contributed by atoms with Gasteiger partial charge in [0.25, 0.3) is 0 Å². The van der Waals surface area contributed by atoms with E-state index in [0.717, 1.165) is 26.3 Å². The minimum atomic E-state index is 0.390. The smallest absolute Gasteiger partial charge is 0.140 e. The standard InChI is InChI=1S/C23H31NO/c1-17(2)19-9-5-7-11-21(19)23(24-13-15-25-16-14-24)22-12-8-6-10-20(22)18(3)4/h5-12,17-18,23H,13-16H2,1-4H3/p+1. The average molecular weight is 339 g/mol. The molecule has 2 aromatic carbocycles. The fourth-order valence-corrected chi connectivity index (χ4v) is 4.13. The van der Waals surface area contributed by atoms with E-state index in [1.807, 2.05) is 0 Å². The van der Waals surface area contributed by atoms with Crippen LogP contribution in [-0.4, -0.2) is 26.3 Å². The molecule has 0 bridgehead atoms. The van der Waals surface area contributed by atoms with Gasteiger partial charge in [-0.05, 0) is 23.0 Å². The number of hydrogen-bond acceptors (Lipinski definition) is 1. The summed E-state index contributed by atoms with van der Waals surface area (Å²) in [6.45, 7) is 13.1. The molecule has 0 atom stereocenters. The predicted octanol–water partition coefficient (Wildman–Crippen LogP) is 3.94. The van der Waals surface area contributed by atoms with Gasteiger partial charge in [0.05, 0.1) is 13.2 Å². The third-order valence-corrected chi connectivity index (χ3v) is 5.40. The quantitative estimate of drug-likeness (QED) is 0.872.